The fourth-order valence-corrected chi connectivity index (χ4v) is 3.18. The lowest BCUT2D eigenvalue weighted by Gasteiger charge is -2.11. The SMILES string of the molecule is O=S(=O)(Nc1cccc2c1OCC2)c1ccccc1. The van der Waals surface area contributed by atoms with E-state index in [2.05, 4.69) is 4.72 Å². The zero-order valence-electron chi connectivity index (χ0n) is 10.2. The summed E-state index contributed by atoms with van der Waals surface area (Å²) in [5.41, 5.74) is 1.53. The Hall–Kier alpha value is -2.01. The number of benzene rings is 2. The van der Waals surface area contributed by atoms with Gasteiger partial charge in [0.25, 0.3) is 10.0 Å². The van der Waals surface area contributed by atoms with E-state index in [0.717, 1.165) is 12.0 Å². The number of nitrogens with one attached hydrogen (secondary N) is 1. The molecule has 0 atom stereocenters. The molecule has 0 unspecified atom stereocenters. The molecule has 0 amide bonds. The molecule has 98 valence electrons. The average Bonchev–Trinajstić information content (AvgIpc) is 2.89. The number of para-hydroxylation sites is 1. The lowest BCUT2D eigenvalue weighted by Crippen LogP contribution is -2.13. The summed E-state index contributed by atoms with van der Waals surface area (Å²) in [7, 11) is -3.56. The second kappa shape index (κ2) is 4.59. The molecular weight excluding hydrogens is 262 g/mol. The normalized spacial score (nSPS) is 13.7. The number of fused-ring (bicyclic) bond motifs is 1. The van der Waals surface area contributed by atoms with Gasteiger partial charge in [-0.15, -0.1) is 0 Å². The maximum Gasteiger partial charge on any atom is 0.262 e. The van der Waals surface area contributed by atoms with Gasteiger partial charge in [-0.05, 0) is 23.8 Å². The van der Waals surface area contributed by atoms with Crippen molar-refractivity contribution in [1.29, 1.82) is 0 Å². The molecule has 2 aromatic rings. The molecule has 0 aliphatic carbocycles. The van der Waals surface area contributed by atoms with E-state index in [0.29, 0.717) is 18.0 Å². The highest BCUT2D eigenvalue weighted by Crippen LogP contribution is 2.34. The van der Waals surface area contributed by atoms with Gasteiger partial charge in [0.05, 0.1) is 17.2 Å². The van der Waals surface area contributed by atoms with E-state index in [-0.39, 0.29) is 4.90 Å². The number of hydrogen-bond acceptors (Lipinski definition) is 3. The van der Waals surface area contributed by atoms with Crippen LogP contribution in [0.5, 0.6) is 5.75 Å². The van der Waals surface area contributed by atoms with E-state index >= 15 is 0 Å². The lowest BCUT2D eigenvalue weighted by atomic mass is 10.1. The Labute approximate surface area is 112 Å². The highest BCUT2D eigenvalue weighted by molar-refractivity contribution is 7.92. The Bertz CT molecular complexity index is 696. The van der Waals surface area contributed by atoms with Gasteiger partial charge in [0.2, 0.25) is 0 Å². The maximum absolute atomic E-state index is 12.2. The van der Waals surface area contributed by atoms with Gasteiger partial charge in [-0.3, -0.25) is 4.72 Å². The van der Waals surface area contributed by atoms with Crippen LogP contribution in [0.2, 0.25) is 0 Å². The molecule has 1 aliphatic rings. The summed E-state index contributed by atoms with van der Waals surface area (Å²) >= 11 is 0. The van der Waals surface area contributed by atoms with Crippen LogP contribution in [-0.2, 0) is 16.4 Å². The molecular formula is C14H13NO3S. The van der Waals surface area contributed by atoms with Gasteiger partial charge in [-0.25, -0.2) is 8.42 Å². The second-order valence-corrected chi connectivity index (χ2v) is 5.99. The van der Waals surface area contributed by atoms with Crippen LogP contribution in [0.3, 0.4) is 0 Å². The minimum absolute atomic E-state index is 0.241. The van der Waals surface area contributed by atoms with Crippen LogP contribution in [-0.4, -0.2) is 15.0 Å². The molecule has 1 heterocycles. The van der Waals surface area contributed by atoms with Gasteiger partial charge in [0, 0.05) is 6.42 Å². The van der Waals surface area contributed by atoms with Crippen molar-refractivity contribution in [3.63, 3.8) is 0 Å². The molecule has 0 spiro atoms. The van der Waals surface area contributed by atoms with Crippen LogP contribution in [0.25, 0.3) is 0 Å². The van der Waals surface area contributed by atoms with Gasteiger partial charge < -0.3 is 4.74 Å². The summed E-state index contributed by atoms with van der Waals surface area (Å²) in [5, 5.41) is 0. The van der Waals surface area contributed by atoms with Crippen LogP contribution >= 0.6 is 0 Å². The lowest BCUT2D eigenvalue weighted by molar-refractivity contribution is 0.358. The third-order valence-electron chi connectivity index (χ3n) is 3.01. The number of sulfonamides is 1. The zero-order valence-corrected chi connectivity index (χ0v) is 11.0. The van der Waals surface area contributed by atoms with Crippen LogP contribution in [0.4, 0.5) is 5.69 Å². The van der Waals surface area contributed by atoms with Gasteiger partial charge >= 0.3 is 0 Å². The summed E-state index contributed by atoms with van der Waals surface area (Å²) in [5.74, 6) is 0.641. The summed E-state index contributed by atoms with van der Waals surface area (Å²) in [4.78, 5) is 0.241. The van der Waals surface area contributed by atoms with Gasteiger partial charge in [-0.2, -0.15) is 0 Å². The first-order valence-electron chi connectivity index (χ1n) is 5.99. The number of rotatable bonds is 3. The molecule has 2 aromatic carbocycles. The minimum atomic E-state index is -3.56. The molecule has 3 rings (SSSR count). The average molecular weight is 275 g/mol. The Balaban J connectivity index is 1.96. The van der Waals surface area contributed by atoms with Gasteiger partial charge in [-0.1, -0.05) is 30.3 Å². The fraction of sp³-hybridized carbons (Fsp3) is 0.143. The topological polar surface area (TPSA) is 55.4 Å². The Morgan fingerprint density at radius 3 is 2.58 bits per heavy atom. The van der Waals surface area contributed by atoms with Crippen molar-refractivity contribution in [2.45, 2.75) is 11.3 Å². The third kappa shape index (κ3) is 2.29. The van der Waals surface area contributed by atoms with Gasteiger partial charge in [0.1, 0.15) is 5.75 Å². The highest BCUT2D eigenvalue weighted by Gasteiger charge is 2.20. The molecule has 1 N–H and O–H groups in total. The predicted molar refractivity (Wildman–Crippen MR) is 72.9 cm³/mol. The van der Waals surface area contributed by atoms with Crippen molar-refractivity contribution in [3.05, 3.63) is 54.1 Å². The Kier molecular flexibility index (Phi) is 2.91. The van der Waals surface area contributed by atoms with E-state index in [1.54, 1.807) is 36.4 Å². The van der Waals surface area contributed by atoms with Crippen LogP contribution in [0.15, 0.2) is 53.4 Å². The van der Waals surface area contributed by atoms with Gasteiger partial charge in [0.15, 0.2) is 0 Å². The Morgan fingerprint density at radius 1 is 1.00 bits per heavy atom. The van der Waals surface area contributed by atoms with E-state index in [1.165, 1.54) is 0 Å². The van der Waals surface area contributed by atoms with Crippen LogP contribution in [0.1, 0.15) is 5.56 Å². The van der Waals surface area contributed by atoms with Crippen LogP contribution in [0, 0.1) is 0 Å². The van der Waals surface area contributed by atoms with E-state index < -0.39 is 10.0 Å². The molecule has 0 radical (unpaired) electrons. The first kappa shape index (κ1) is 12.0. The van der Waals surface area contributed by atoms with Crippen molar-refractivity contribution >= 4 is 15.7 Å². The molecule has 0 saturated heterocycles. The van der Waals surface area contributed by atoms with E-state index in [9.17, 15) is 8.42 Å². The molecule has 5 heteroatoms. The monoisotopic (exact) mass is 275 g/mol. The van der Waals surface area contributed by atoms with Crippen LogP contribution < -0.4 is 9.46 Å². The predicted octanol–water partition coefficient (Wildman–Crippen LogP) is 2.42. The van der Waals surface area contributed by atoms with E-state index in [1.807, 2.05) is 12.1 Å². The highest BCUT2D eigenvalue weighted by atomic mass is 32.2. The van der Waals surface area contributed by atoms with Crippen molar-refractivity contribution in [1.82, 2.24) is 0 Å². The van der Waals surface area contributed by atoms with Crippen molar-refractivity contribution in [3.8, 4) is 5.75 Å². The van der Waals surface area contributed by atoms with E-state index in [4.69, 9.17) is 4.74 Å². The summed E-state index contributed by atoms with van der Waals surface area (Å²) in [6.07, 6.45) is 0.816. The quantitative estimate of drug-likeness (QED) is 0.936. The molecule has 0 fully saturated rings. The molecule has 19 heavy (non-hydrogen) atoms. The number of hydrogen-bond donors (Lipinski definition) is 1. The molecule has 1 aliphatic heterocycles. The smallest absolute Gasteiger partial charge is 0.262 e. The summed E-state index contributed by atoms with van der Waals surface area (Å²) in [6.45, 7) is 0.597. The number of ether oxygens (including phenoxy) is 1. The Morgan fingerprint density at radius 2 is 1.79 bits per heavy atom. The first-order valence-corrected chi connectivity index (χ1v) is 7.48. The standard InChI is InChI=1S/C14H13NO3S/c16-19(17,12-6-2-1-3-7-12)15-13-8-4-5-11-9-10-18-14(11)13/h1-8,15H,9-10H2. The molecule has 0 bridgehead atoms. The summed E-state index contributed by atoms with van der Waals surface area (Å²) < 4.78 is 32.5. The minimum Gasteiger partial charge on any atom is -0.491 e. The zero-order chi connectivity index (χ0) is 13.3. The third-order valence-corrected chi connectivity index (χ3v) is 4.39. The number of anilines is 1. The first-order chi connectivity index (χ1) is 9.17. The van der Waals surface area contributed by atoms with Crippen molar-refractivity contribution < 1.29 is 13.2 Å². The summed E-state index contributed by atoms with van der Waals surface area (Å²) in [6, 6.07) is 13.8. The van der Waals surface area contributed by atoms with Crippen molar-refractivity contribution in [2.24, 2.45) is 0 Å². The van der Waals surface area contributed by atoms with Crippen molar-refractivity contribution in [2.75, 3.05) is 11.3 Å². The molecule has 0 aromatic heterocycles. The largest absolute Gasteiger partial charge is 0.491 e. The fourth-order valence-electron chi connectivity index (χ4n) is 2.10. The second-order valence-electron chi connectivity index (χ2n) is 4.31. The molecule has 0 saturated carbocycles. The maximum atomic E-state index is 12.2. The molecule has 4 nitrogen and oxygen atoms in total.